The van der Waals surface area contributed by atoms with Crippen molar-refractivity contribution in [1.82, 2.24) is 0 Å². The summed E-state index contributed by atoms with van der Waals surface area (Å²) >= 11 is 0. The summed E-state index contributed by atoms with van der Waals surface area (Å²) in [7, 11) is 1.00. The molecule has 2 heterocycles. The maximum Gasteiger partial charge on any atom is 0.160 e. The van der Waals surface area contributed by atoms with Gasteiger partial charge in [0.15, 0.2) is 6.29 Å². The highest BCUT2D eigenvalue weighted by molar-refractivity contribution is 4.73. The summed E-state index contributed by atoms with van der Waals surface area (Å²) in [5.74, 6) is 0.731. The van der Waals surface area contributed by atoms with E-state index in [4.69, 9.17) is 14.6 Å². The second-order valence-corrected chi connectivity index (χ2v) is 2.45. The van der Waals surface area contributed by atoms with Crippen LogP contribution in [0.2, 0.25) is 0 Å². The number of aliphatic hydroxyl groups excluding tert-OH is 1. The zero-order valence-corrected chi connectivity index (χ0v) is 6.25. The van der Waals surface area contributed by atoms with Crippen LogP contribution in [0.1, 0.15) is 12.8 Å². The lowest BCUT2D eigenvalue weighted by atomic mass is 10.1. The normalized spacial score (nSPS) is 36.6. The van der Waals surface area contributed by atoms with Crippen LogP contribution in [-0.4, -0.2) is 31.7 Å². The molecule has 0 aromatic rings. The van der Waals surface area contributed by atoms with Crippen molar-refractivity contribution in [3.63, 3.8) is 0 Å². The van der Waals surface area contributed by atoms with Gasteiger partial charge in [-0.3, -0.25) is 0 Å². The fourth-order valence-electron chi connectivity index (χ4n) is 1.41. The van der Waals surface area contributed by atoms with Crippen molar-refractivity contribution >= 4 is 0 Å². The van der Waals surface area contributed by atoms with Gasteiger partial charge in [0.05, 0.1) is 13.2 Å². The summed E-state index contributed by atoms with van der Waals surface area (Å²) in [5.41, 5.74) is 0. The van der Waals surface area contributed by atoms with Crippen LogP contribution in [0.3, 0.4) is 0 Å². The van der Waals surface area contributed by atoms with Crippen molar-refractivity contribution in [3.8, 4) is 0 Å². The zero-order valence-electron chi connectivity index (χ0n) is 6.25. The van der Waals surface area contributed by atoms with E-state index in [1.54, 1.807) is 0 Å². The Balaban J connectivity index is 0.000000231. The van der Waals surface area contributed by atoms with E-state index >= 15 is 0 Å². The average Bonchev–Trinajstić information content (AvgIpc) is 2.49. The van der Waals surface area contributed by atoms with Gasteiger partial charge in [-0.1, -0.05) is 0 Å². The van der Waals surface area contributed by atoms with E-state index in [1.807, 2.05) is 0 Å². The molecule has 10 heavy (non-hydrogen) atoms. The Labute approximate surface area is 60.9 Å². The number of rotatable bonds is 0. The van der Waals surface area contributed by atoms with Gasteiger partial charge in [-0.15, -0.1) is 0 Å². The SMILES string of the molecule is C1CC2CCOC2O1.CO. The van der Waals surface area contributed by atoms with Crippen molar-refractivity contribution in [1.29, 1.82) is 0 Å². The van der Waals surface area contributed by atoms with Crippen molar-refractivity contribution in [2.75, 3.05) is 20.3 Å². The number of hydrogen-bond acceptors (Lipinski definition) is 3. The molecule has 2 fully saturated rings. The van der Waals surface area contributed by atoms with E-state index in [2.05, 4.69) is 0 Å². The van der Waals surface area contributed by atoms with Gasteiger partial charge in [-0.05, 0) is 12.8 Å². The lowest BCUT2D eigenvalue weighted by Crippen LogP contribution is -2.08. The Morgan fingerprint density at radius 2 is 1.60 bits per heavy atom. The van der Waals surface area contributed by atoms with Gasteiger partial charge in [-0.2, -0.15) is 0 Å². The van der Waals surface area contributed by atoms with E-state index in [9.17, 15) is 0 Å². The lowest BCUT2D eigenvalue weighted by molar-refractivity contribution is -0.0904. The van der Waals surface area contributed by atoms with Gasteiger partial charge >= 0.3 is 0 Å². The van der Waals surface area contributed by atoms with Crippen molar-refractivity contribution in [2.45, 2.75) is 19.1 Å². The molecule has 0 amide bonds. The lowest BCUT2D eigenvalue weighted by Gasteiger charge is -2.03. The van der Waals surface area contributed by atoms with Gasteiger partial charge in [0.1, 0.15) is 0 Å². The van der Waals surface area contributed by atoms with Crippen molar-refractivity contribution in [3.05, 3.63) is 0 Å². The van der Waals surface area contributed by atoms with Crippen LogP contribution in [-0.2, 0) is 9.47 Å². The fraction of sp³-hybridized carbons (Fsp3) is 1.00. The molecule has 1 N–H and O–H groups in total. The maximum atomic E-state index is 7.00. The summed E-state index contributed by atoms with van der Waals surface area (Å²) in [5, 5.41) is 7.00. The largest absolute Gasteiger partial charge is 0.400 e. The predicted molar refractivity (Wildman–Crippen MR) is 36.6 cm³/mol. The first kappa shape index (κ1) is 7.98. The minimum Gasteiger partial charge on any atom is -0.400 e. The second kappa shape index (κ2) is 3.91. The fourth-order valence-corrected chi connectivity index (χ4v) is 1.41. The third kappa shape index (κ3) is 1.48. The highest BCUT2D eigenvalue weighted by Gasteiger charge is 2.33. The number of hydrogen-bond donors (Lipinski definition) is 1. The van der Waals surface area contributed by atoms with Crippen LogP contribution in [0, 0.1) is 5.92 Å². The molecular weight excluding hydrogens is 132 g/mol. The molecule has 0 spiro atoms. The van der Waals surface area contributed by atoms with Crippen molar-refractivity contribution < 1.29 is 14.6 Å². The maximum absolute atomic E-state index is 7.00. The third-order valence-electron chi connectivity index (χ3n) is 1.93. The van der Waals surface area contributed by atoms with Gasteiger partial charge < -0.3 is 14.6 Å². The first-order valence-corrected chi connectivity index (χ1v) is 3.65. The molecule has 3 heteroatoms. The van der Waals surface area contributed by atoms with Crippen molar-refractivity contribution in [2.24, 2.45) is 5.92 Å². The predicted octanol–water partition coefficient (Wildman–Crippen LogP) is 0.378. The zero-order chi connectivity index (χ0) is 7.40. The van der Waals surface area contributed by atoms with E-state index in [-0.39, 0.29) is 6.29 Å². The van der Waals surface area contributed by atoms with E-state index < -0.39 is 0 Å². The molecule has 0 aromatic carbocycles. The van der Waals surface area contributed by atoms with E-state index in [1.165, 1.54) is 12.8 Å². The molecule has 0 radical (unpaired) electrons. The molecule has 60 valence electrons. The summed E-state index contributed by atoms with van der Waals surface area (Å²) in [4.78, 5) is 0. The number of fused-ring (bicyclic) bond motifs is 1. The second-order valence-electron chi connectivity index (χ2n) is 2.45. The topological polar surface area (TPSA) is 38.7 Å². The highest BCUT2D eigenvalue weighted by atomic mass is 16.7. The van der Waals surface area contributed by atoms with Crippen LogP contribution in [0.15, 0.2) is 0 Å². The van der Waals surface area contributed by atoms with Crippen LogP contribution in [0.25, 0.3) is 0 Å². The monoisotopic (exact) mass is 146 g/mol. The Kier molecular flexibility index (Phi) is 3.12. The molecule has 0 atom stereocenters. The molecule has 0 saturated carbocycles. The Morgan fingerprint density at radius 1 is 1.10 bits per heavy atom. The average molecular weight is 146 g/mol. The first-order chi connectivity index (χ1) is 4.97. The standard InChI is InChI=1S/C6H10O2.CH4O/c1-3-7-6-5(1)2-4-8-6;1-2/h5-6H,1-4H2;2H,1H3. The molecule has 2 rings (SSSR count). The van der Waals surface area contributed by atoms with Crippen LogP contribution >= 0.6 is 0 Å². The van der Waals surface area contributed by atoms with E-state index in [0.29, 0.717) is 0 Å². The smallest absolute Gasteiger partial charge is 0.160 e. The molecular formula is C7H14O3. The summed E-state index contributed by atoms with van der Waals surface area (Å²) < 4.78 is 10.5. The number of aliphatic hydroxyl groups is 1. The third-order valence-corrected chi connectivity index (χ3v) is 1.93. The molecule has 0 aliphatic carbocycles. The minimum atomic E-state index is 0.176. The van der Waals surface area contributed by atoms with Gasteiger partial charge in [0.2, 0.25) is 0 Å². The van der Waals surface area contributed by atoms with Gasteiger partial charge in [0, 0.05) is 13.0 Å². The minimum absolute atomic E-state index is 0.176. The first-order valence-electron chi connectivity index (χ1n) is 3.65. The van der Waals surface area contributed by atoms with Gasteiger partial charge in [0.25, 0.3) is 0 Å². The molecule has 0 unspecified atom stereocenters. The molecule has 3 nitrogen and oxygen atoms in total. The molecule has 2 aliphatic rings. The Morgan fingerprint density at radius 3 is 2.00 bits per heavy atom. The molecule has 0 bridgehead atoms. The summed E-state index contributed by atoms with van der Waals surface area (Å²) in [6, 6.07) is 0. The number of ether oxygens (including phenoxy) is 2. The molecule has 2 saturated heterocycles. The quantitative estimate of drug-likeness (QED) is 0.537. The summed E-state index contributed by atoms with van der Waals surface area (Å²) in [6.07, 6.45) is 2.60. The van der Waals surface area contributed by atoms with E-state index in [0.717, 1.165) is 26.2 Å². The van der Waals surface area contributed by atoms with Gasteiger partial charge in [-0.25, -0.2) is 0 Å². The van der Waals surface area contributed by atoms with Crippen LogP contribution < -0.4 is 0 Å². The molecule has 2 aliphatic heterocycles. The van der Waals surface area contributed by atoms with Crippen LogP contribution in [0.4, 0.5) is 0 Å². The van der Waals surface area contributed by atoms with Crippen LogP contribution in [0.5, 0.6) is 0 Å². The molecule has 0 aromatic heterocycles. The highest BCUT2D eigenvalue weighted by Crippen LogP contribution is 2.30. The Hall–Kier alpha value is -0.120. The summed E-state index contributed by atoms with van der Waals surface area (Å²) in [6.45, 7) is 1.82. The Bertz CT molecular complexity index is 74.9.